The molecule has 1 atom stereocenters. The minimum atomic E-state index is -0.809. The molecule has 69 heavy (non-hydrogen) atoms. The van der Waals surface area contributed by atoms with Crippen molar-refractivity contribution in [2.75, 3.05) is 13.2 Å². The summed E-state index contributed by atoms with van der Waals surface area (Å²) in [5.74, 6) is -0.962. The fourth-order valence-electron chi connectivity index (χ4n) is 7.15. The van der Waals surface area contributed by atoms with Crippen LogP contribution in [0.25, 0.3) is 0 Å². The first-order valence-corrected chi connectivity index (χ1v) is 27.8. The van der Waals surface area contributed by atoms with Crippen LogP contribution in [0.4, 0.5) is 0 Å². The molecule has 0 aliphatic rings. The quantitative estimate of drug-likeness (QED) is 0.0199. The molecule has 0 aromatic rings. The molecule has 0 aromatic heterocycles. The van der Waals surface area contributed by atoms with Gasteiger partial charge in [-0.25, -0.2) is 0 Å². The lowest BCUT2D eigenvalue weighted by atomic mass is 10.1. The first-order valence-electron chi connectivity index (χ1n) is 27.8. The lowest BCUT2D eigenvalue weighted by Crippen LogP contribution is -2.30. The van der Waals surface area contributed by atoms with Gasteiger partial charge in [-0.05, 0) is 103 Å². The van der Waals surface area contributed by atoms with Gasteiger partial charge in [0.25, 0.3) is 0 Å². The summed E-state index contributed by atoms with van der Waals surface area (Å²) < 4.78 is 16.8. The molecule has 6 heteroatoms. The number of esters is 3. The van der Waals surface area contributed by atoms with Crippen LogP contribution in [0.3, 0.4) is 0 Å². The van der Waals surface area contributed by atoms with Gasteiger partial charge in [0.05, 0.1) is 0 Å². The van der Waals surface area contributed by atoms with Crippen LogP contribution < -0.4 is 0 Å². The summed E-state index contributed by atoms with van der Waals surface area (Å²) in [4.78, 5) is 38.1. The van der Waals surface area contributed by atoms with Gasteiger partial charge >= 0.3 is 17.9 Å². The predicted molar refractivity (Wildman–Crippen MR) is 297 cm³/mol. The fraction of sp³-hybridized carbons (Fsp3) is 0.603. The molecule has 388 valence electrons. The SMILES string of the molecule is CC/C=C\C/C=C\C/C=C\CCCCCCCCCCCC(=O)OCC(COC(=O)CCCCCC/C=C\C/C=C\C/C=C\CC)OC(=O)CCCCCCC\C=C/C=C\C=C/C=C\C=C/CCC. The van der Waals surface area contributed by atoms with Crippen molar-refractivity contribution in [2.45, 2.75) is 232 Å². The van der Waals surface area contributed by atoms with Gasteiger partial charge in [0.15, 0.2) is 6.10 Å². The van der Waals surface area contributed by atoms with Gasteiger partial charge in [-0.3, -0.25) is 14.4 Å². The van der Waals surface area contributed by atoms with Gasteiger partial charge in [-0.1, -0.05) is 238 Å². The Kier molecular flexibility index (Phi) is 52.5. The first kappa shape index (κ1) is 64.5. The Morgan fingerprint density at radius 3 is 1.01 bits per heavy atom. The Labute approximate surface area is 424 Å². The van der Waals surface area contributed by atoms with E-state index in [0.717, 1.165) is 141 Å². The van der Waals surface area contributed by atoms with E-state index in [4.69, 9.17) is 14.2 Å². The molecule has 0 aliphatic heterocycles. The molecule has 6 nitrogen and oxygen atoms in total. The Bertz CT molecular complexity index is 1510. The largest absolute Gasteiger partial charge is 0.462 e. The monoisotopic (exact) mass is 953 g/mol. The third-order valence-electron chi connectivity index (χ3n) is 11.2. The molecule has 0 fully saturated rings. The summed E-state index contributed by atoms with van der Waals surface area (Å²) >= 11 is 0. The summed E-state index contributed by atoms with van der Waals surface area (Å²) in [7, 11) is 0. The van der Waals surface area contributed by atoms with Crippen LogP contribution in [0.5, 0.6) is 0 Å². The van der Waals surface area contributed by atoms with Gasteiger partial charge in [-0.15, -0.1) is 0 Å². The second-order valence-electron chi connectivity index (χ2n) is 17.8. The number of unbranched alkanes of at least 4 members (excludes halogenated alkanes) is 19. The smallest absolute Gasteiger partial charge is 0.306 e. The Hall–Kier alpha value is -4.45. The third kappa shape index (κ3) is 54.4. The van der Waals surface area contributed by atoms with Crippen molar-refractivity contribution in [3.05, 3.63) is 134 Å². The zero-order valence-corrected chi connectivity index (χ0v) is 44.3. The molecule has 0 N–H and O–H groups in total. The third-order valence-corrected chi connectivity index (χ3v) is 11.2. The van der Waals surface area contributed by atoms with Crippen LogP contribution in [0, 0.1) is 0 Å². The number of hydrogen-bond acceptors (Lipinski definition) is 6. The summed E-state index contributed by atoms with van der Waals surface area (Å²) in [5, 5.41) is 0. The zero-order chi connectivity index (χ0) is 50.0. The maximum Gasteiger partial charge on any atom is 0.306 e. The highest BCUT2D eigenvalue weighted by atomic mass is 16.6. The summed E-state index contributed by atoms with van der Waals surface area (Å²) in [6, 6.07) is 0. The van der Waals surface area contributed by atoms with Gasteiger partial charge in [0, 0.05) is 19.3 Å². The van der Waals surface area contributed by atoms with E-state index in [1.54, 1.807) is 0 Å². The number of allylic oxidation sites excluding steroid dienone is 22. The number of rotatable bonds is 48. The zero-order valence-electron chi connectivity index (χ0n) is 44.3. The van der Waals surface area contributed by atoms with Crippen LogP contribution in [-0.4, -0.2) is 37.2 Å². The Morgan fingerprint density at radius 2 is 0.623 bits per heavy atom. The highest BCUT2D eigenvalue weighted by Crippen LogP contribution is 2.14. The molecule has 0 rings (SSSR count). The number of carbonyl (C=O) groups excluding carboxylic acids is 3. The first-order chi connectivity index (χ1) is 34.0. The molecule has 1 unspecified atom stereocenters. The van der Waals surface area contributed by atoms with Gasteiger partial charge in [0.1, 0.15) is 13.2 Å². The molecular formula is C63H100O6. The highest BCUT2D eigenvalue weighted by Gasteiger charge is 2.19. The van der Waals surface area contributed by atoms with Crippen LogP contribution in [0.15, 0.2) is 134 Å². The van der Waals surface area contributed by atoms with Crippen molar-refractivity contribution in [2.24, 2.45) is 0 Å². The molecule has 0 saturated carbocycles. The average molecular weight is 953 g/mol. The fourth-order valence-corrected chi connectivity index (χ4v) is 7.15. The van der Waals surface area contributed by atoms with Crippen LogP contribution in [-0.2, 0) is 28.6 Å². The van der Waals surface area contributed by atoms with E-state index in [1.165, 1.54) is 44.9 Å². The van der Waals surface area contributed by atoms with Crippen molar-refractivity contribution in [3.63, 3.8) is 0 Å². The van der Waals surface area contributed by atoms with E-state index in [1.807, 2.05) is 24.3 Å². The van der Waals surface area contributed by atoms with E-state index in [-0.39, 0.29) is 37.5 Å². The lowest BCUT2D eigenvalue weighted by Gasteiger charge is -2.18. The molecule has 0 amide bonds. The van der Waals surface area contributed by atoms with Gasteiger partial charge < -0.3 is 14.2 Å². The maximum atomic E-state index is 12.8. The van der Waals surface area contributed by atoms with Crippen molar-refractivity contribution in [1.82, 2.24) is 0 Å². The van der Waals surface area contributed by atoms with E-state index in [9.17, 15) is 14.4 Å². The lowest BCUT2D eigenvalue weighted by molar-refractivity contribution is -0.167. The van der Waals surface area contributed by atoms with Crippen molar-refractivity contribution >= 4 is 17.9 Å². The maximum absolute atomic E-state index is 12.8. The van der Waals surface area contributed by atoms with Crippen LogP contribution >= 0.6 is 0 Å². The molecule has 0 radical (unpaired) electrons. The average Bonchev–Trinajstić information content (AvgIpc) is 3.35. The van der Waals surface area contributed by atoms with E-state index >= 15 is 0 Å². The molecule has 0 spiro atoms. The van der Waals surface area contributed by atoms with E-state index in [2.05, 4.69) is 130 Å². The minimum Gasteiger partial charge on any atom is -0.462 e. The van der Waals surface area contributed by atoms with Crippen molar-refractivity contribution in [1.29, 1.82) is 0 Å². The number of hydrogen-bond donors (Lipinski definition) is 0. The number of carbonyl (C=O) groups is 3. The molecular weight excluding hydrogens is 853 g/mol. The summed E-state index contributed by atoms with van der Waals surface area (Å²) in [6.07, 6.45) is 78.6. The molecule has 0 bridgehead atoms. The molecule has 0 heterocycles. The minimum absolute atomic E-state index is 0.104. The van der Waals surface area contributed by atoms with E-state index in [0.29, 0.717) is 12.8 Å². The molecule has 0 aliphatic carbocycles. The van der Waals surface area contributed by atoms with Crippen molar-refractivity contribution < 1.29 is 28.6 Å². The second-order valence-corrected chi connectivity index (χ2v) is 17.8. The standard InChI is InChI=1S/C63H100O6/c1-4-7-10-13-16-19-22-25-28-30-32-34-35-38-41-44-47-50-53-56-62(65)68-59-60(58-67-61(64)55-52-49-46-43-40-37-27-24-21-18-15-12-9-6-3)69-63(66)57-54-51-48-45-42-39-36-33-31-29-26-23-20-17-14-11-8-5-2/h7,9-12,14,16-21,23,25-29,31,33,36-37,60H,4-6,8,13,15,22,24,30,32,34-35,38-59H2,1-3H3/b10-7-,12-9-,14-11-,19-16-,20-17-,21-18-,26-23-,28-25-,31-29-,36-33-,37-27-. The Balaban J connectivity index is 4.49. The van der Waals surface area contributed by atoms with E-state index < -0.39 is 6.10 Å². The normalized spacial score (nSPS) is 13.1. The second kappa shape index (κ2) is 56.1. The predicted octanol–water partition coefficient (Wildman–Crippen LogP) is 18.6. The Morgan fingerprint density at radius 1 is 0.319 bits per heavy atom. The highest BCUT2D eigenvalue weighted by molar-refractivity contribution is 5.71. The van der Waals surface area contributed by atoms with Crippen LogP contribution in [0.1, 0.15) is 226 Å². The molecule has 0 aromatic carbocycles. The topological polar surface area (TPSA) is 78.9 Å². The summed E-state index contributed by atoms with van der Waals surface area (Å²) in [5.41, 5.74) is 0. The molecule has 0 saturated heterocycles. The van der Waals surface area contributed by atoms with Gasteiger partial charge in [0.2, 0.25) is 0 Å². The summed E-state index contributed by atoms with van der Waals surface area (Å²) in [6.45, 7) is 6.27. The van der Waals surface area contributed by atoms with Crippen LogP contribution in [0.2, 0.25) is 0 Å². The number of ether oxygens (including phenoxy) is 3. The van der Waals surface area contributed by atoms with Gasteiger partial charge in [-0.2, -0.15) is 0 Å². The van der Waals surface area contributed by atoms with Crippen molar-refractivity contribution in [3.8, 4) is 0 Å².